The van der Waals surface area contributed by atoms with E-state index in [2.05, 4.69) is 15.9 Å². The molecule has 1 N–H and O–H groups in total. The second kappa shape index (κ2) is 4.92. The molecule has 19 heavy (non-hydrogen) atoms. The third kappa shape index (κ3) is 2.36. The van der Waals surface area contributed by atoms with Crippen molar-refractivity contribution in [3.05, 3.63) is 34.1 Å². The molecule has 0 radical (unpaired) electrons. The Kier molecular flexibility index (Phi) is 3.62. The second-order valence-electron chi connectivity index (χ2n) is 4.76. The number of carbonyl (C=O) groups excluding carboxylic acids is 1. The Bertz CT molecular complexity index is 549. The minimum absolute atomic E-state index is 0.0995. The van der Waals surface area contributed by atoms with Crippen molar-refractivity contribution in [1.29, 1.82) is 0 Å². The molecule has 0 aliphatic carbocycles. The van der Waals surface area contributed by atoms with Gasteiger partial charge in [-0.15, -0.1) is 0 Å². The van der Waals surface area contributed by atoms with Crippen molar-refractivity contribution in [2.45, 2.75) is 25.3 Å². The van der Waals surface area contributed by atoms with E-state index in [9.17, 15) is 19.1 Å². The van der Waals surface area contributed by atoms with E-state index < -0.39 is 23.2 Å². The number of carboxylic acids is 1. The molecule has 4 nitrogen and oxygen atoms in total. The predicted molar refractivity (Wildman–Crippen MR) is 70.4 cm³/mol. The van der Waals surface area contributed by atoms with Crippen molar-refractivity contribution in [3.63, 3.8) is 0 Å². The van der Waals surface area contributed by atoms with Crippen LogP contribution in [-0.2, 0) is 4.79 Å². The molecule has 0 bridgehead atoms. The highest BCUT2D eigenvalue weighted by Crippen LogP contribution is 2.31. The van der Waals surface area contributed by atoms with Crippen LogP contribution in [-0.4, -0.2) is 34.0 Å². The molecule has 0 saturated carbocycles. The third-order valence-corrected chi connectivity index (χ3v) is 4.00. The summed E-state index contributed by atoms with van der Waals surface area (Å²) in [6, 6.07) is 4.12. The van der Waals surface area contributed by atoms with E-state index in [0.717, 1.165) is 0 Å². The number of carboxylic acid groups (broad SMARTS) is 1. The molecule has 6 heteroatoms. The summed E-state index contributed by atoms with van der Waals surface area (Å²) >= 11 is 3.12. The zero-order valence-electron chi connectivity index (χ0n) is 10.3. The van der Waals surface area contributed by atoms with Crippen LogP contribution < -0.4 is 0 Å². The molecule has 1 saturated heterocycles. The van der Waals surface area contributed by atoms with Gasteiger partial charge in [0.15, 0.2) is 0 Å². The van der Waals surface area contributed by atoms with Crippen LogP contribution in [0.15, 0.2) is 22.7 Å². The van der Waals surface area contributed by atoms with Gasteiger partial charge in [0.25, 0.3) is 5.91 Å². The van der Waals surface area contributed by atoms with E-state index >= 15 is 0 Å². The summed E-state index contributed by atoms with van der Waals surface area (Å²) in [5.41, 5.74) is -1.35. The molecule has 1 heterocycles. The van der Waals surface area contributed by atoms with Gasteiger partial charge in [0.05, 0.1) is 5.56 Å². The molecule has 1 aliphatic heterocycles. The van der Waals surface area contributed by atoms with Crippen molar-refractivity contribution in [3.8, 4) is 0 Å². The Morgan fingerprint density at radius 1 is 1.47 bits per heavy atom. The van der Waals surface area contributed by atoms with Gasteiger partial charge in [0, 0.05) is 11.0 Å². The van der Waals surface area contributed by atoms with E-state index in [1.165, 1.54) is 24.0 Å². The molecule has 102 valence electrons. The largest absolute Gasteiger partial charge is 0.480 e. The first-order valence-electron chi connectivity index (χ1n) is 5.86. The highest BCUT2D eigenvalue weighted by molar-refractivity contribution is 9.10. The quantitative estimate of drug-likeness (QED) is 0.907. The van der Waals surface area contributed by atoms with Crippen molar-refractivity contribution >= 4 is 27.8 Å². The summed E-state index contributed by atoms with van der Waals surface area (Å²) in [6.07, 6.45) is 0.985. The van der Waals surface area contributed by atoms with Gasteiger partial charge in [-0.3, -0.25) is 4.79 Å². The van der Waals surface area contributed by atoms with Gasteiger partial charge in [-0.1, -0.05) is 15.9 Å². The van der Waals surface area contributed by atoms with Gasteiger partial charge < -0.3 is 10.0 Å². The summed E-state index contributed by atoms with van der Waals surface area (Å²) in [5, 5.41) is 9.26. The van der Waals surface area contributed by atoms with Crippen molar-refractivity contribution in [2.75, 3.05) is 6.54 Å². The van der Waals surface area contributed by atoms with Crippen LogP contribution in [0.1, 0.15) is 30.1 Å². The number of amides is 1. The number of halogens is 2. The molecule has 0 aromatic heterocycles. The topological polar surface area (TPSA) is 57.6 Å². The number of hydrogen-bond donors (Lipinski definition) is 1. The lowest BCUT2D eigenvalue weighted by Gasteiger charge is -2.31. The van der Waals surface area contributed by atoms with Gasteiger partial charge in [-0.25, -0.2) is 9.18 Å². The van der Waals surface area contributed by atoms with Gasteiger partial charge in [0.2, 0.25) is 0 Å². The van der Waals surface area contributed by atoms with E-state index in [0.29, 0.717) is 23.9 Å². The molecule has 1 aliphatic rings. The Morgan fingerprint density at radius 3 is 2.74 bits per heavy atom. The zero-order chi connectivity index (χ0) is 14.2. The minimum atomic E-state index is -1.25. The minimum Gasteiger partial charge on any atom is -0.480 e. The van der Waals surface area contributed by atoms with Crippen LogP contribution in [0.25, 0.3) is 0 Å². The maximum atomic E-state index is 13.8. The SMILES string of the molecule is CC1(C(=O)O)CCCN1C(=O)c1ccc(Br)cc1F. The monoisotopic (exact) mass is 329 g/mol. The van der Waals surface area contributed by atoms with E-state index in [1.807, 2.05) is 0 Å². The Labute approximate surface area is 118 Å². The average Bonchev–Trinajstić information content (AvgIpc) is 2.72. The zero-order valence-corrected chi connectivity index (χ0v) is 11.9. The molecule has 1 aromatic carbocycles. The van der Waals surface area contributed by atoms with Crippen molar-refractivity contribution in [2.24, 2.45) is 0 Å². The first-order valence-corrected chi connectivity index (χ1v) is 6.66. The average molecular weight is 330 g/mol. The van der Waals surface area contributed by atoms with Crippen LogP contribution in [0, 0.1) is 5.82 Å². The lowest BCUT2D eigenvalue weighted by molar-refractivity contribution is -0.147. The molecule has 2 rings (SSSR count). The molecule has 1 amide bonds. The summed E-state index contributed by atoms with van der Waals surface area (Å²) in [4.78, 5) is 24.9. The predicted octanol–water partition coefficient (Wildman–Crippen LogP) is 2.67. The Balaban J connectivity index is 2.36. The number of hydrogen-bond acceptors (Lipinski definition) is 2. The fraction of sp³-hybridized carbons (Fsp3) is 0.385. The highest BCUT2D eigenvalue weighted by atomic mass is 79.9. The molecule has 0 spiro atoms. The maximum absolute atomic E-state index is 13.8. The number of nitrogens with zero attached hydrogens (tertiary/aromatic N) is 1. The fourth-order valence-electron chi connectivity index (χ4n) is 2.32. The number of benzene rings is 1. The van der Waals surface area contributed by atoms with Gasteiger partial charge in [0.1, 0.15) is 11.4 Å². The summed E-state index contributed by atoms with van der Waals surface area (Å²) in [5.74, 6) is -2.29. The Morgan fingerprint density at radius 2 is 2.16 bits per heavy atom. The van der Waals surface area contributed by atoms with Gasteiger partial charge >= 0.3 is 5.97 Å². The van der Waals surface area contributed by atoms with Crippen LogP contribution in [0.5, 0.6) is 0 Å². The lowest BCUT2D eigenvalue weighted by atomic mass is 9.98. The molecule has 1 aromatic rings. The highest BCUT2D eigenvalue weighted by Gasteiger charge is 2.46. The third-order valence-electron chi connectivity index (χ3n) is 3.51. The van der Waals surface area contributed by atoms with Crippen molar-refractivity contribution in [1.82, 2.24) is 4.90 Å². The fourth-order valence-corrected chi connectivity index (χ4v) is 2.65. The number of carbonyl (C=O) groups is 2. The van der Waals surface area contributed by atoms with Crippen LogP contribution in [0.3, 0.4) is 0 Å². The van der Waals surface area contributed by atoms with E-state index in [1.54, 1.807) is 6.07 Å². The van der Waals surface area contributed by atoms with Crippen LogP contribution in [0.2, 0.25) is 0 Å². The first kappa shape index (κ1) is 14.0. The van der Waals surface area contributed by atoms with E-state index in [4.69, 9.17) is 0 Å². The van der Waals surface area contributed by atoms with Crippen LogP contribution in [0.4, 0.5) is 4.39 Å². The smallest absolute Gasteiger partial charge is 0.329 e. The van der Waals surface area contributed by atoms with Crippen molar-refractivity contribution < 1.29 is 19.1 Å². The maximum Gasteiger partial charge on any atom is 0.329 e. The molecule has 1 atom stereocenters. The van der Waals surface area contributed by atoms with Gasteiger partial charge in [-0.2, -0.15) is 0 Å². The summed E-state index contributed by atoms with van der Waals surface area (Å²) in [7, 11) is 0. The second-order valence-corrected chi connectivity index (χ2v) is 5.68. The lowest BCUT2D eigenvalue weighted by Crippen LogP contribution is -2.50. The number of rotatable bonds is 2. The normalized spacial score (nSPS) is 22.6. The first-order chi connectivity index (χ1) is 8.86. The standard InChI is InChI=1S/C13H13BrFNO3/c1-13(12(18)19)5-2-6-16(13)11(17)9-4-3-8(14)7-10(9)15/h3-4,7H,2,5-6H2,1H3,(H,18,19). The molecule has 1 fully saturated rings. The molecule has 1 unspecified atom stereocenters. The Hall–Kier alpha value is -1.43. The van der Waals surface area contributed by atoms with Crippen LogP contribution >= 0.6 is 15.9 Å². The van der Waals surface area contributed by atoms with E-state index in [-0.39, 0.29) is 5.56 Å². The summed E-state index contributed by atoms with van der Waals surface area (Å²) < 4.78 is 14.3. The van der Waals surface area contributed by atoms with Gasteiger partial charge in [-0.05, 0) is 38.0 Å². The number of aliphatic carboxylic acids is 1. The molecular formula is C13H13BrFNO3. The summed E-state index contributed by atoms with van der Waals surface area (Å²) in [6.45, 7) is 1.83. The number of likely N-dealkylation sites (tertiary alicyclic amines) is 1. The molecular weight excluding hydrogens is 317 g/mol.